The molecule has 0 aliphatic carbocycles. The normalized spacial score (nSPS) is 23.5. The maximum atomic E-state index is 13.9. The van der Waals surface area contributed by atoms with Crippen LogP contribution in [-0.4, -0.2) is 76.2 Å². The van der Waals surface area contributed by atoms with Crippen molar-refractivity contribution in [2.45, 2.75) is 38.6 Å². The van der Waals surface area contributed by atoms with Crippen LogP contribution in [0, 0.1) is 11.8 Å². The van der Waals surface area contributed by atoms with Crippen molar-refractivity contribution in [3.05, 3.63) is 53.1 Å². The number of likely N-dealkylation sites (tertiary alicyclic amines) is 1. The van der Waals surface area contributed by atoms with E-state index < -0.39 is 12.0 Å². The Kier molecular flexibility index (Phi) is 8.82. The molecule has 2 heterocycles. The van der Waals surface area contributed by atoms with E-state index in [1.807, 2.05) is 24.3 Å². The van der Waals surface area contributed by atoms with Gasteiger partial charge in [-0.15, -0.1) is 0 Å². The minimum Gasteiger partial charge on any atom is -0.497 e. The summed E-state index contributed by atoms with van der Waals surface area (Å²) < 4.78 is 16.3. The fourth-order valence-corrected chi connectivity index (χ4v) is 6.15. The van der Waals surface area contributed by atoms with E-state index in [4.69, 9.17) is 14.2 Å². The van der Waals surface area contributed by atoms with Crippen LogP contribution in [0.2, 0.25) is 0 Å². The van der Waals surface area contributed by atoms with Gasteiger partial charge in [-0.25, -0.2) is 0 Å². The second-order valence-electron chi connectivity index (χ2n) is 10.8. The van der Waals surface area contributed by atoms with Gasteiger partial charge < -0.3 is 29.3 Å². The van der Waals surface area contributed by atoms with E-state index in [1.54, 1.807) is 38.3 Å². The molecule has 8 nitrogen and oxygen atoms in total. The number of amides is 2. The van der Waals surface area contributed by atoms with Crippen LogP contribution in [-0.2, 0) is 4.79 Å². The number of fused-ring (bicyclic) bond motifs is 1. The average Bonchev–Trinajstić information content (AvgIpc) is 2.91. The van der Waals surface area contributed by atoms with Crippen LogP contribution in [0.3, 0.4) is 0 Å². The topological polar surface area (TPSA) is 80.3 Å². The monoisotopic (exact) mass is 523 g/mol. The number of benzene rings is 2. The molecule has 0 bridgehead atoms. The molecule has 2 aromatic carbocycles. The number of methoxy groups -OCH3 is 3. The molecule has 4 atom stereocenters. The van der Waals surface area contributed by atoms with Crippen LogP contribution in [0.25, 0.3) is 0 Å². The number of hydrogen-bond acceptors (Lipinski definition) is 6. The SMILES string of the molecule is COc1ccc([C@@H]2[C@H](C(=O)NCCCN3C[C@H](C)C[C@H](C)C3)c3cc(OC)c(OC)cc3C(=O)N2C)cc1. The highest BCUT2D eigenvalue weighted by atomic mass is 16.5. The van der Waals surface area contributed by atoms with E-state index in [0.717, 1.165) is 31.6 Å². The molecule has 0 spiro atoms. The maximum absolute atomic E-state index is 13.9. The molecule has 1 fully saturated rings. The van der Waals surface area contributed by atoms with Crippen LogP contribution in [0.5, 0.6) is 17.2 Å². The summed E-state index contributed by atoms with van der Waals surface area (Å²) in [6, 6.07) is 10.5. The first-order chi connectivity index (χ1) is 18.3. The Labute approximate surface area is 226 Å². The van der Waals surface area contributed by atoms with E-state index in [9.17, 15) is 9.59 Å². The van der Waals surface area contributed by atoms with Gasteiger partial charge in [0, 0.05) is 32.2 Å². The summed E-state index contributed by atoms with van der Waals surface area (Å²) in [4.78, 5) is 31.5. The number of nitrogens with zero attached hydrogens (tertiary/aromatic N) is 2. The van der Waals surface area contributed by atoms with Gasteiger partial charge in [0.1, 0.15) is 5.75 Å². The summed E-state index contributed by atoms with van der Waals surface area (Å²) >= 11 is 0. The van der Waals surface area contributed by atoms with E-state index in [1.165, 1.54) is 13.5 Å². The number of carbonyl (C=O) groups is 2. The summed E-state index contributed by atoms with van der Waals surface area (Å²) in [6.07, 6.45) is 2.15. The zero-order chi connectivity index (χ0) is 27.4. The van der Waals surface area contributed by atoms with Crippen molar-refractivity contribution >= 4 is 11.8 Å². The van der Waals surface area contributed by atoms with Gasteiger partial charge in [0.05, 0.1) is 33.3 Å². The molecule has 2 aromatic rings. The number of piperidine rings is 1. The predicted octanol–water partition coefficient (Wildman–Crippen LogP) is 4.11. The van der Waals surface area contributed by atoms with E-state index >= 15 is 0 Å². The first kappa shape index (κ1) is 27.8. The smallest absolute Gasteiger partial charge is 0.254 e. The second-order valence-corrected chi connectivity index (χ2v) is 10.8. The standard InChI is InChI=1S/C30H41N3O5/c1-19-14-20(2)18-33(17-19)13-7-12-31-29(34)27-23-15-25(37-5)26(38-6)16-24(23)30(35)32(3)28(27)21-8-10-22(36-4)11-9-21/h8-11,15-16,19-20,27-28H,7,12-14,17-18H2,1-6H3,(H,31,34)/t19-,20+,27-,28-/m1/s1. The van der Waals surface area contributed by atoms with Crippen molar-refractivity contribution in [2.75, 3.05) is 54.6 Å². The second kappa shape index (κ2) is 12.1. The Balaban J connectivity index is 1.60. The Bertz CT molecular complexity index is 1130. The molecule has 2 amide bonds. The van der Waals surface area contributed by atoms with Crippen LogP contribution in [0.15, 0.2) is 36.4 Å². The molecule has 2 aliphatic heterocycles. The first-order valence-corrected chi connectivity index (χ1v) is 13.4. The van der Waals surface area contributed by atoms with Crippen molar-refractivity contribution in [1.82, 2.24) is 15.1 Å². The molecule has 0 radical (unpaired) electrons. The van der Waals surface area contributed by atoms with Gasteiger partial charge in [0.25, 0.3) is 5.91 Å². The Morgan fingerprint density at radius 1 is 0.974 bits per heavy atom. The lowest BCUT2D eigenvalue weighted by Gasteiger charge is -2.40. The molecule has 8 heteroatoms. The van der Waals surface area contributed by atoms with Gasteiger partial charge in [-0.2, -0.15) is 0 Å². The van der Waals surface area contributed by atoms with Gasteiger partial charge in [-0.3, -0.25) is 9.59 Å². The van der Waals surface area contributed by atoms with Crippen molar-refractivity contribution in [2.24, 2.45) is 11.8 Å². The highest BCUT2D eigenvalue weighted by molar-refractivity contribution is 6.02. The Morgan fingerprint density at radius 2 is 1.61 bits per heavy atom. The number of nitrogens with one attached hydrogen (secondary N) is 1. The minimum absolute atomic E-state index is 0.112. The summed E-state index contributed by atoms with van der Waals surface area (Å²) in [5.41, 5.74) is 1.95. The molecule has 38 heavy (non-hydrogen) atoms. The lowest BCUT2D eigenvalue weighted by molar-refractivity contribution is -0.124. The van der Waals surface area contributed by atoms with Gasteiger partial charge in [0.15, 0.2) is 11.5 Å². The number of likely N-dealkylation sites (N-methyl/N-ethyl adjacent to an activating group) is 1. The molecule has 2 aliphatic rings. The van der Waals surface area contributed by atoms with E-state index in [2.05, 4.69) is 24.1 Å². The third-order valence-electron chi connectivity index (χ3n) is 7.81. The zero-order valence-corrected chi connectivity index (χ0v) is 23.5. The fraction of sp³-hybridized carbons (Fsp3) is 0.533. The van der Waals surface area contributed by atoms with Crippen molar-refractivity contribution in [3.63, 3.8) is 0 Å². The molecule has 0 unspecified atom stereocenters. The summed E-state index contributed by atoms with van der Waals surface area (Å²) in [7, 11) is 6.45. The highest BCUT2D eigenvalue weighted by Gasteiger charge is 2.43. The van der Waals surface area contributed by atoms with E-state index in [0.29, 0.717) is 46.8 Å². The number of rotatable bonds is 9. The van der Waals surface area contributed by atoms with Gasteiger partial charge >= 0.3 is 0 Å². The number of carbonyl (C=O) groups excluding carboxylic acids is 2. The third kappa shape index (κ3) is 5.75. The molecule has 1 saturated heterocycles. The lowest BCUT2D eigenvalue weighted by atomic mass is 9.79. The molecule has 0 saturated carbocycles. The predicted molar refractivity (Wildman–Crippen MR) is 147 cm³/mol. The van der Waals surface area contributed by atoms with Crippen LogP contribution in [0.4, 0.5) is 0 Å². The Hall–Kier alpha value is -3.26. The molecule has 1 N–H and O–H groups in total. The summed E-state index contributed by atoms with van der Waals surface area (Å²) in [6.45, 7) is 8.38. The van der Waals surface area contributed by atoms with Gasteiger partial charge in [0.2, 0.25) is 5.91 Å². The minimum atomic E-state index is -0.615. The fourth-order valence-electron chi connectivity index (χ4n) is 6.15. The lowest BCUT2D eigenvalue weighted by Crippen LogP contribution is -2.46. The van der Waals surface area contributed by atoms with Crippen molar-refractivity contribution < 1.29 is 23.8 Å². The molecule has 206 valence electrons. The van der Waals surface area contributed by atoms with Gasteiger partial charge in [-0.1, -0.05) is 26.0 Å². The zero-order valence-electron chi connectivity index (χ0n) is 23.5. The maximum Gasteiger partial charge on any atom is 0.254 e. The Morgan fingerprint density at radius 3 is 2.21 bits per heavy atom. The number of hydrogen-bond donors (Lipinski definition) is 1. The van der Waals surface area contributed by atoms with E-state index in [-0.39, 0.29) is 11.8 Å². The van der Waals surface area contributed by atoms with Crippen LogP contribution >= 0.6 is 0 Å². The first-order valence-electron chi connectivity index (χ1n) is 13.4. The van der Waals surface area contributed by atoms with Gasteiger partial charge in [-0.05, 0) is 66.6 Å². The molecular weight excluding hydrogens is 482 g/mol. The molecule has 0 aromatic heterocycles. The molecular formula is C30H41N3O5. The third-order valence-corrected chi connectivity index (χ3v) is 7.81. The van der Waals surface area contributed by atoms with Crippen molar-refractivity contribution in [3.8, 4) is 17.2 Å². The van der Waals surface area contributed by atoms with Crippen LogP contribution < -0.4 is 19.5 Å². The van der Waals surface area contributed by atoms with Crippen LogP contribution in [0.1, 0.15) is 60.1 Å². The highest BCUT2D eigenvalue weighted by Crippen LogP contribution is 2.45. The number of ether oxygens (including phenoxy) is 3. The largest absolute Gasteiger partial charge is 0.497 e. The summed E-state index contributed by atoms with van der Waals surface area (Å²) in [5, 5.41) is 3.18. The average molecular weight is 524 g/mol. The van der Waals surface area contributed by atoms with Crippen molar-refractivity contribution in [1.29, 1.82) is 0 Å². The molecule has 4 rings (SSSR count). The summed E-state index contributed by atoms with van der Waals surface area (Å²) in [5.74, 6) is 2.18. The quantitative estimate of drug-likeness (QED) is 0.499.